The van der Waals surface area contributed by atoms with Gasteiger partial charge in [0.25, 0.3) is 0 Å². The smallest absolute Gasteiger partial charge is 0.240 e. The molecule has 2 heterocycles. The van der Waals surface area contributed by atoms with E-state index in [1.165, 1.54) is 0 Å². The van der Waals surface area contributed by atoms with Crippen molar-refractivity contribution >= 4 is 21.8 Å². The molecule has 1 aliphatic heterocycles. The van der Waals surface area contributed by atoms with Crippen LogP contribution >= 0.6 is 11.8 Å². The molecule has 3 atom stereocenters. The largest absolute Gasteiger partial charge is 0.392 e. The molecule has 0 saturated carbocycles. The molecular weight excluding hydrogens is 609 g/mol. The lowest BCUT2D eigenvalue weighted by atomic mass is 9.99. The SMILES string of the molecule is Cn1cnnc1SCC1CC(c2ccc(CO)cc2)OC(c2cccc(-c3cccc(CNS(=O)(=O)c4ccccc4)c3)c2)O1. The Morgan fingerprint density at radius 3 is 2.38 bits per heavy atom. The molecule has 45 heavy (non-hydrogen) atoms. The minimum absolute atomic E-state index is 0.0125. The van der Waals surface area contributed by atoms with Crippen molar-refractivity contribution in [2.24, 2.45) is 7.05 Å². The second kappa shape index (κ2) is 14.1. The van der Waals surface area contributed by atoms with Gasteiger partial charge >= 0.3 is 0 Å². The van der Waals surface area contributed by atoms with E-state index in [1.54, 1.807) is 48.4 Å². The van der Waals surface area contributed by atoms with Crippen molar-refractivity contribution in [2.45, 2.75) is 48.1 Å². The topological polar surface area (TPSA) is 116 Å². The number of hydrogen-bond acceptors (Lipinski definition) is 8. The van der Waals surface area contributed by atoms with Crippen molar-refractivity contribution in [3.05, 3.63) is 132 Å². The lowest BCUT2D eigenvalue weighted by Crippen LogP contribution is -2.31. The molecule has 4 aromatic carbocycles. The maximum Gasteiger partial charge on any atom is 0.240 e. The number of aromatic nitrogens is 3. The minimum atomic E-state index is -3.62. The minimum Gasteiger partial charge on any atom is -0.392 e. The highest BCUT2D eigenvalue weighted by atomic mass is 32.2. The van der Waals surface area contributed by atoms with Gasteiger partial charge in [0.15, 0.2) is 11.4 Å². The molecule has 0 aliphatic carbocycles. The first kappa shape index (κ1) is 31.2. The maximum absolute atomic E-state index is 12.7. The Morgan fingerprint density at radius 1 is 0.889 bits per heavy atom. The molecule has 1 aliphatic rings. The van der Waals surface area contributed by atoms with Gasteiger partial charge in [0.2, 0.25) is 10.0 Å². The highest BCUT2D eigenvalue weighted by Gasteiger charge is 2.32. The van der Waals surface area contributed by atoms with E-state index in [2.05, 4.69) is 21.0 Å². The number of thioether (sulfide) groups is 1. The van der Waals surface area contributed by atoms with Crippen molar-refractivity contribution in [3.63, 3.8) is 0 Å². The zero-order valence-corrected chi connectivity index (χ0v) is 26.3. The Hall–Kier alpha value is -3.84. The predicted molar refractivity (Wildman–Crippen MR) is 172 cm³/mol. The molecule has 6 rings (SSSR count). The monoisotopic (exact) mass is 642 g/mol. The first-order valence-corrected chi connectivity index (χ1v) is 17.1. The summed E-state index contributed by atoms with van der Waals surface area (Å²) in [5.41, 5.74) is 5.51. The van der Waals surface area contributed by atoms with E-state index in [0.717, 1.165) is 38.5 Å². The lowest BCUT2D eigenvalue weighted by Gasteiger charge is -2.36. The van der Waals surface area contributed by atoms with Gasteiger partial charge in [-0.15, -0.1) is 10.2 Å². The molecule has 9 nitrogen and oxygen atoms in total. The summed E-state index contributed by atoms with van der Waals surface area (Å²) in [4.78, 5) is 0.234. The summed E-state index contributed by atoms with van der Waals surface area (Å²) >= 11 is 1.59. The Bertz CT molecular complexity index is 1830. The van der Waals surface area contributed by atoms with Gasteiger partial charge in [0.1, 0.15) is 6.33 Å². The van der Waals surface area contributed by atoms with Gasteiger partial charge in [-0.1, -0.05) is 90.6 Å². The van der Waals surface area contributed by atoms with Crippen LogP contribution in [0.5, 0.6) is 0 Å². The lowest BCUT2D eigenvalue weighted by molar-refractivity contribution is -0.245. The van der Waals surface area contributed by atoms with Crippen LogP contribution in [-0.4, -0.2) is 40.1 Å². The van der Waals surface area contributed by atoms with Gasteiger partial charge in [0.05, 0.1) is 23.7 Å². The Balaban J connectivity index is 1.21. The van der Waals surface area contributed by atoms with E-state index < -0.39 is 16.3 Å². The highest BCUT2D eigenvalue weighted by molar-refractivity contribution is 7.99. The first-order valence-electron chi connectivity index (χ1n) is 14.6. The van der Waals surface area contributed by atoms with Crippen LogP contribution in [0.1, 0.15) is 41.1 Å². The highest BCUT2D eigenvalue weighted by Crippen LogP contribution is 2.40. The number of nitrogens with zero attached hydrogens (tertiary/aromatic N) is 3. The van der Waals surface area contributed by atoms with Crippen LogP contribution in [0.15, 0.2) is 120 Å². The van der Waals surface area contributed by atoms with Crippen molar-refractivity contribution < 1.29 is 23.0 Å². The quantitative estimate of drug-likeness (QED) is 0.174. The molecule has 1 aromatic heterocycles. The third-order valence-electron chi connectivity index (χ3n) is 7.62. The molecule has 0 bridgehead atoms. The second-order valence-electron chi connectivity index (χ2n) is 10.8. The number of ether oxygens (including phenoxy) is 2. The normalized spacial score (nSPS) is 18.6. The van der Waals surface area contributed by atoms with Gasteiger partial charge in [-0.3, -0.25) is 0 Å². The maximum atomic E-state index is 12.7. The second-order valence-corrected chi connectivity index (χ2v) is 13.6. The van der Waals surface area contributed by atoms with Crippen LogP contribution < -0.4 is 4.72 Å². The fraction of sp³-hybridized carbons (Fsp3) is 0.235. The number of sulfonamides is 1. The number of benzene rings is 4. The zero-order chi connectivity index (χ0) is 31.2. The van der Waals surface area contributed by atoms with E-state index in [9.17, 15) is 13.5 Å². The number of nitrogens with one attached hydrogen (secondary N) is 1. The van der Waals surface area contributed by atoms with Crippen LogP contribution in [-0.2, 0) is 39.7 Å². The summed E-state index contributed by atoms with van der Waals surface area (Å²) < 4.78 is 43.1. The molecule has 5 aromatic rings. The van der Waals surface area contributed by atoms with Gasteiger partial charge in [0, 0.05) is 31.3 Å². The van der Waals surface area contributed by atoms with Crippen LogP contribution in [0.2, 0.25) is 0 Å². The van der Waals surface area contributed by atoms with Crippen LogP contribution in [0, 0.1) is 0 Å². The molecule has 2 N–H and O–H groups in total. The summed E-state index contributed by atoms with van der Waals surface area (Å²) in [6.07, 6.45) is 1.43. The van der Waals surface area contributed by atoms with E-state index in [-0.39, 0.29) is 30.3 Å². The summed E-state index contributed by atoms with van der Waals surface area (Å²) in [6.45, 7) is 0.155. The molecule has 0 spiro atoms. The summed E-state index contributed by atoms with van der Waals surface area (Å²) in [5.74, 6) is 0.679. The van der Waals surface area contributed by atoms with Gasteiger partial charge in [-0.05, 0) is 52.1 Å². The third kappa shape index (κ3) is 7.70. The van der Waals surface area contributed by atoms with Crippen molar-refractivity contribution in [3.8, 4) is 11.1 Å². The molecule has 3 unspecified atom stereocenters. The van der Waals surface area contributed by atoms with E-state index in [0.29, 0.717) is 12.2 Å². The van der Waals surface area contributed by atoms with E-state index >= 15 is 0 Å². The van der Waals surface area contributed by atoms with Crippen molar-refractivity contribution in [1.29, 1.82) is 0 Å². The Labute approximate surface area is 267 Å². The standard InChI is InChI=1S/C34H34N4O5S2/c1-38-23-35-37-34(38)44-22-30-19-32(26-15-13-24(21-39)14-16-26)43-33(42-30)29-10-6-9-28(18-29)27-8-5-7-25(17-27)20-36-45(40,41)31-11-3-2-4-12-31/h2-18,23,30,32-33,36,39H,19-22H2,1H3. The van der Waals surface area contributed by atoms with Gasteiger partial charge in [-0.25, -0.2) is 13.1 Å². The molecule has 11 heteroatoms. The number of hydrogen-bond donors (Lipinski definition) is 2. The Kier molecular flexibility index (Phi) is 9.74. The molecule has 0 amide bonds. The average Bonchev–Trinajstić information content (AvgIpc) is 3.51. The van der Waals surface area contributed by atoms with Gasteiger partial charge < -0.3 is 19.1 Å². The van der Waals surface area contributed by atoms with Crippen LogP contribution in [0.25, 0.3) is 11.1 Å². The summed E-state index contributed by atoms with van der Waals surface area (Å²) in [5, 5.41) is 18.5. The van der Waals surface area contributed by atoms with Gasteiger partial charge in [-0.2, -0.15) is 0 Å². The first-order chi connectivity index (χ1) is 21.9. The number of rotatable bonds is 11. The molecule has 0 radical (unpaired) electrons. The number of aliphatic hydroxyl groups excluding tert-OH is 1. The number of aliphatic hydroxyl groups is 1. The van der Waals surface area contributed by atoms with Crippen LogP contribution in [0.4, 0.5) is 0 Å². The third-order valence-corrected chi connectivity index (χ3v) is 10.2. The van der Waals surface area contributed by atoms with E-state index in [1.807, 2.05) is 78.3 Å². The van der Waals surface area contributed by atoms with Crippen molar-refractivity contribution in [1.82, 2.24) is 19.5 Å². The molecule has 1 saturated heterocycles. The van der Waals surface area contributed by atoms with E-state index in [4.69, 9.17) is 9.47 Å². The molecular formula is C34H34N4O5S2. The number of aryl methyl sites for hydroxylation is 1. The average molecular weight is 643 g/mol. The van der Waals surface area contributed by atoms with Crippen LogP contribution in [0.3, 0.4) is 0 Å². The Morgan fingerprint density at radius 2 is 1.64 bits per heavy atom. The summed E-state index contributed by atoms with van der Waals surface area (Å²) in [7, 11) is -1.71. The zero-order valence-electron chi connectivity index (χ0n) is 24.7. The molecule has 232 valence electrons. The molecule has 1 fully saturated rings. The fourth-order valence-electron chi connectivity index (χ4n) is 5.18. The fourth-order valence-corrected chi connectivity index (χ4v) is 7.12. The predicted octanol–water partition coefficient (Wildman–Crippen LogP) is 5.79. The summed E-state index contributed by atoms with van der Waals surface area (Å²) in [6, 6.07) is 32.0. The van der Waals surface area contributed by atoms with Crippen molar-refractivity contribution in [2.75, 3.05) is 5.75 Å².